The van der Waals surface area contributed by atoms with E-state index >= 15 is 0 Å². The zero-order valence-corrected chi connectivity index (χ0v) is 20.9. The van der Waals surface area contributed by atoms with Gasteiger partial charge in [0.15, 0.2) is 6.61 Å². The number of thiazole rings is 1. The molecule has 4 rings (SSSR count). The monoisotopic (exact) mass is 497 g/mol. The Morgan fingerprint density at radius 1 is 1.12 bits per heavy atom. The second-order valence-corrected chi connectivity index (χ2v) is 9.90. The molecule has 0 radical (unpaired) electrons. The summed E-state index contributed by atoms with van der Waals surface area (Å²) in [6, 6.07) is 13.2. The molecule has 1 N–H and O–H groups in total. The zero-order valence-electron chi connectivity index (χ0n) is 19.3. The average molecular weight is 498 g/mol. The van der Waals surface area contributed by atoms with Gasteiger partial charge in [0.2, 0.25) is 0 Å². The lowest BCUT2D eigenvalue weighted by atomic mass is 9.97. The highest BCUT2D eigenvalue weighted by Crippen LogP contribution is 2.30. The van der Waals surface area contributed by atoms with Gasteiger partial charge in [0.05, 0.1) is 5.01 Å². The molecule has 0 saturated carbocycles. The maximum absolute atomic E-state index is 12.6. The third kappa shape index (κ3) is 6.15. The Kier molecular flexibility index (Phi) is 7.85. The molecule has 6 nitrogen and oxygen atoms in total. The Bertz CT molecular complexity index is 1150. The van der Waals surface area contributed by atoms with Crippen LogP contribution in [-0.4, -0.2) is 41.4 Å². The summed E-state index contributed by atoms with van der Waals surface area (Å²) in [4.78, 5) is 31.5. The molecule has 0 unspecified atom stereocenters. The molecule has 1 aliphatic rings. The summed E-state index contributed by atoms with van der Waals surface area (Å²) in [5, 5.41) is 6.33. The molecule has 3 aromatic rings. The second-order valence-electron chi connectivity index (χ2n) is 8.57. The van der Waals surface area contributed by atoms with Crippen molar-refractivity contribution in [2.24, 2.45) is 0 Å². The van der Waals surface area contributed by atoms with Gasteiger partial charge in [-0.25, -0.2) is 4.98 Å². The fraction of sp³-hybridized carbons (Fsp3) is 0.346. The van der Waals surface area contributed by atoms with E-state index in [2.05, 4.69) is 10.3 Å². The minimum Gasteiger partial charge on any atom is -0.484 e. The highest BCUT2D eigenvalue weighted by Gasteiger charge is 2.26. The van der Waals surface area contributed by atoms with Gasteiger partial charge in [0.25, 0.3) is 11.8 Å². The summed E-state index contributed by atoms with van der Waals surface area (Å²) >= 11 is 7.41. The maximum Gasteiger partial charge on any atom is 0.271 e. The summed E-state index contributed by atoms with van der Waals surface area (Å²) in [6.07, 6.45) is 1.66. The van der Waals surface area contributed by atoms with E-state index in [4.69, 9.17) is 16.3 Å². The number of halogens is 1. The molecule has 0 spiro atoms. The normalized spacial score (nSPS) is 14.1. The van der Waals surface area contributed by atoms with Crippen molar-refractivity contribution >= 4 is 34.8 Å². The van der Waals surface area contributed by atoms with Crippen LogP contribution in [-0.2, 0) is 11.3 Å². The van der Waals surface area contributed by atoms with Gasteiger partial charge < -0.3 is 15.0 Å². The van der Waals surface area contributed by atoms with Crippen molar-refractivity contribution in [2.45, 2.75) is 39.2 Å². The highest BCUT2D eigenvalue weighted by atomic mass is 35.5. The number of benzene rings is 2. The largest absolute Gasteiger partial charge is 0.484 e. The van der Waals surface area contributed by atoms with E-state index in [1.54, 1.807) is 12.1 Å². The van der Waals surface area contributed by atoms with Crippen LogP contribution in [0, 0.1) is 13.8 Å². The molecule has 2 amide bonds. The minimum atomic E-state index is -0.187. The minimum absolute atomic E-state index is 0.00177. The number of likely N-dealkylation sites (tertiary alicyclic amines) is 1. The quantitative estimate of drug-likeness (QED) is 0.491. The molecule has 8 heteroatoms. The molecule has 1 aliphatic heterocycles. The third-order valence-corrected chi connectivity index (χ3v) is 7.42. The number of aromatic nitrogens is 1. The third-order valence-electron chi connectivity index (χ3n) is 6.16. The number of amides is 2. The summed E-state index contributed by atoms with van der Waals surface area (Å²) in [5.41, 5.74) is 3.76. The van der Waals surface area contributed by atoms with Gasteiger partial charge in [0.1, 0.15) is 11.4 Å². The van der Waals surface area contributed by atoms with Crippen LogP contribution in [0.15, 0.2) is 47.8 Å². The number of aryl methyl sites for hydroxylation is 2. The van der Waals surface area contributed by atoms with E-state index in [1.165, 1.54) is 16.9 Å². The predicted octanol–water partition coefficient (Wildman–Crippen LogP) is 5.13. The first-order valence-corrected chi connectivity index (χ1v) is 12.6. The van der Waals surface area contributed by atoms with Crippen molar-refractivity contribution in [1.82, 2.24) is 15.2 Å². The Morgan fingerprint density at radius 2 is 1.85 bits per heavy atom. The molecule has 1 aromatic heterocycles. The van der Waals surface area contributed by atoms with Gasteiger partial charge in [-0.1, -0.05) is 29.8 Å². The topological polar surface area (TPSA) is 71.5 Å². The number of carbonyl (C=O) groups is 2. The molecule has 34 heavy (non-hydrogen) atoms. The smallest absolute Gasteiger partial charge is 0.271 e. The van der Waals surface area contributed by atoms with E-state index in [9.17, 15) is 9.59 Å². The lowest BCUT2D eigenvalue weighted by Gasteiger charge is -2.31. The molecule has 0 aliphatic carbocycles. The zero-order chi connectivity index (χ0) is 24.1. The first-order chi connectivity index (χ1) is 16.4. The van der Waals surface area contributed by atoms with Crippen molar-refractivity contribution in [2.75, 3.05) is 19.7 Å². The van der Waals surface area contributed by atoms with Crippen LogP contribution in [0.4, 0.5) is 0 Å². The van der Waals surface area contributed by atoms with Gasteiger partial charge >= 0.3 is 0 Å². The molecule has 0 atom stereocenters. The lowest BCUT2D eigenvalue weighted by molar-refractivity contribution is -0.134. The van der Waals surface area contributed by atoms with Crippen molar-refractivity contribution in [3.05, 3.63) is 80.3 Å². The highest BCUT2D eigenvalue weighted by molar-refractivity contribution is 7.09. The first kappa shape index (κ1) is 24.2. The molecule has 2 heterocycles. The number of nitrogens with zero attached hydrogens (tertiary/aromatic N) is 2. The molecule has 1 fully saturated rings. The van der Waals surface area contributed by atoms with E-state index in [0.717, 1.165) is 34.7 Å². The average Bonchev–Trinajstić information content (AvgIpc) is 3.35. The van der Waals surface area contributed by atoms with Crippen molar-refractivity contribution in [1.29, 1.82) is 0 Å². The fourth-order valence-electron chi connectivity index (χ4n) is 3.87. The van der Waals surface area contributed by atoms with Crippen LogP contribution in [0.5, 0.6) is 5.75 Å². The number of nitrogens with one attached hydrogen (secondary N) is 1. The van der Waals surface area contributed by atoms with Gasteiger partial charge in [-0.05, 0) is 67.6 Å². The molecular weight excluding hydrogens is 470 g/mol. The van der Waals surface area contributed by atoms with Crippen LogP contribution in [0.1, 0.15) is 50.9 Å². The summed E-state index contributed by atoms with van der Waals surface area (Å²) in [5.74, 6) is 0.787. The van der Waals surface area contributed by atoms with E-state index in [1.807, 2.05) is 54.5 Å². The Morgan fingerprint density at radius 3 is 2.56 bits per heavy atom. The SMILES string of the molecule is Cc1ccc(OCC(=O)N2CCC(c3nc(C(=O)NCc4ccc(Cl)cc4)cs3)CC2)cc1C. The lowest BCUT2D eigenvalue weighted by Crippen LogP contribution is -2.40. The van der Waals surface area contributed by atoms with Gasteiger partial charge in [0, 0.05) is 36.0 Å². The summed E-state index contributed by atoms with van der Waals surface area (Å²) in [6.45, 7) is 5.88. The number of hydrogen-bond acceptors (Lipinski definition) is 5. The fourth-order valence-corrected chi connectivity index (χ4v) is 4.97. The van der Waals surface area contributed by atoms with Crippen LogP contribution in [0.2, 0.25) is 5.02 Å². The van der Waals surface area contributed by atoms with Crippen molar-refractivity contribution < 1.29 is 14.3 Å². The van der Waals surface area contributed by atoms with E-state index in [0.29, 0.717) is 30.4 Å². The predicted molar refractivity (Wildman–Crippen MR) is 135 cm³/mol. The van der Waals surface area contributed by atoms with Crippen LogP contribution < -0.4 is 10.1 Å². The molecular formula is C26H28ClN3O3S. The first-order valence-electron chi connectivity index (χ1n) is 11.3. The summed E-state index contributed by atoms with van der Waals surface area (Å²) < 4.78 is 5.71. The van der Waals surface area contributed by atoms with E-state index < -0.39 is 0 Å². The van der Waals surface area contributed by atoms with Gasteiger partial charge in [-0.2, -0.15) is 0 Å². The van der Waals surface area contributed by atoms with Crippen molar-refractivity contribution in [3.63, 3.8) is 0 Å². The molecule has 178 valence electrons. The summed E-state index contributed by atoms with van der Waals surface area (Å²) in [7, 11) is 0. The Hall–Kier alpha value is -2.90. The van der Waals surface area contributed by atoms with Crippen molar-refractivity contribution in [3.8, 4) is 5.75 Å². The molecule has 1 saturated heterocycles. The van der Waals surface area contributed by atoms with Crippen LogP contribution >= 0.6 is 22.9 Å². The number of rotatable bonds is 7. The standard InChI is InChI=1S/C26H28ClN3O3S/c1-17-3-8-22(13-18(17)2)33-15-24(31)30-11-9-20(10-12-30)26-29-23(16-34-26)25(32)28-14-19-4-6-21(27)7-5-19/h3-8,13,16,20H,9-12,14-15H2,1-2H3,(H,28,32). The van der Waals surface area contributed by atoms with Gasteiger partial charge in [-0.15, -0.1) is 11.3 Å². The van der Waals surface area contributed by atoms with Gasteiger partial charge in [-0.3, -0.25) is 9.59 Å². The Balaban J connectivity index is 1.23. The Labute approximate surface area is 208 Å². The number of carbonyl (C=O) groups excluding carboxylic acids is 2. The molecule has 0 bridgehead atoms. The number of hydrogen-bond donors (Lipinski definition) is 1. The number of ether oxygens (including phenoxy) is 1. The molecule has 2 aromatic carbocycles. The second kappa shape index (κ2) is 11.0. The van der Waals surface area contributed by atoms with Crippen LogP contribution in [0.25, 0.3) is 0 Å². The maximum atomic E-state index is 12.6. The number of piperidine rings is 1. The van der Waals surface area contributed by atoms with E-state index in [-0.39, 0.29) is 24.3 Å². The van der Waals surface area contributed by atoms with Crippen LogP contribution in [0.3, 0.4) is 0 Å².